The molecule has 0 saturated carbocycles. The van der Waals surface area contributed by atoms with Crippen molar-refractivity contribution < 1.29 is 14.3 Å². The molecule has 0 unspecified atom stereocenters. The van der Waals surface area contributed by atoms with E-state index in [9.17, 15) is 9.59 Å². The number of hydrogen-bond acceptors (Lipinski definition) is 4. The minimum absolute atomic E-state index is 0.0178. The van der Waals surface area contributed by atoms with E-state index < -0.39 is 0 Å². The number of amides is 2. The zero-order valence-electron chi connectivity index (χ0n) is 16.3. The summed E-state index contributed by atoms with van der Waals surface area (Å²) < 4.78 is 5.25. The lowest BCUT2D eigenvalue weighted by molar-refractivity contribution is -0.132. The fourth-order valence-corrected chi connectivity index (χ4v) is 3.29. The molecule has 0 atom stereocenters. The molecule has 2 aromatic rings. The van der Waals surface area contributed by atoms with E-state index in [4.69, 9.17) is 16.3 Å². The van der Waals surface area contributed by atoms with Crippen LogP contribution in [0.1, 0.15) is 5.56 Å². The maximum absolute atomic E-state index is 12.4. The third-order valence-electron chi connectivity index (χ3n) is 4.79. The maximum atomic E-state index is 12.4. The number of benzene rings is 2. The van der Waals surface area contributed by atoms with Crippen LogP contribution >= 0.6 is 11.6 Å². The molecule has 0 spiro atoms. The van der Waals surface area contributed by atoms with Gasteiger partial charge in [-0.2, -0.15) is 0 Å². The summed E-state index contributed by atoms with van der Waals surface area (Å²) in [6.07, 6.45) is 3.08. The van der Waals surface area contributed by atoms with Crippen LogP contribution in [0.2, 0.25) is 5.02 Å². The number of halogens is 1. The fraction of sp³-hybridized carbons (Fsp3) is 0.273. The van der Waals surface area contributed by atoms with Gasteiger partial charge in [-0.15, -0.1) is 0 Å². The normalized spacial score (nSPS) is 14.1. The van der Waals surface area contributed by atoms with Crippen LogP contribution < -0.4 is 15.0 Å². The lowest BCUT2D eigenvalue weighted by atomic mass is 10.2. The van der Waals surface area contributed by atoms with E-state index in [2.05, 4.69) is 10.2 Å². The van der Waals surface area contributed by atoms with Crippen molar-refractivity contribution in [3.8, 4) is 5.75 Å². The van der Waals surface area contributed by atoms with Crippen LogP contribution in [-0.2, 0) is 9.59 Å². The Hall–Kier alpha value is -2.99. The van der Waals surface area contributed by atoms with Gasteiger partial charge < -0.3 is 19.9 Å². The topological polar surface area (TPSA) is 61.9 Å². The number of nitrogens with zero attached hydrogens (tertiary/aromatic N) is 2. The van der Waals surface area contributed by atoms with Crippen molar-refractivity contribution in [2.75, 3.05) is 44.7 Å². The van der Waals surface area contributed by atoms with E-state index in [0.29, 0.717) is 23.9 Å². The number of carbonyl (C=O) groups is 2. The van der Waals surface area contributed by atoms with Crippen molar-refractivity contribution in [1.29, 1.82) is 0 Å². The molecule has 1 N–H and O–H groups in total. The number of methoxy groups -OCH3 is 1. The minimum atomic E-state index is -0.316. The Balaban J connectivity index is 1.44. The third kappa shape index (κ3) is 5.74. The van der Waals surface area contributed by atoms with Gasteiger partial charge in [-0.05, 0) is 36.4 Å². The van der Waals surface area contributed by atoms with Crippen LogP contribution in [0.5, 0.6) is 5.75 Å². The Morgan fingerprint density at radius 1 is 1.07 bits per heavy atom. The summed E-state index contributed by atoms with van der Waals surface area (Å²) in [4.78, 5) is 28.4. The number of nitrogens with one attached hydrogen (secondary N) is 1. The summed E-state index contributed by atoms with van der Waals surface area (Å²) in [6, 6.07) is 15.1. The molecule has 0 radical (unpaired) electrons. The van der Waals surface area contributed by atoms with Crippen molar-refractivity contribution in [2.24, 2.45) is 0 Å². The van der Waals surface area contributed by atoms with Gasteiger partial charge in [-0.1, -0.05) is 29.8 Å². The molecule has 1 saturated heterocycles. The molecule has 2 aromatic carbocycles. The van der Waals surface area contributed by atoms with E-state index in [1.807, 2.05) is 48.5 Å². The number of carbonyl (C=O) groups excluding carboxylic acids is 2. The van der Waals surface area contributed by atoms with Crippen molar-refractivity contribution in [1.82, 2.24) is 10.2 Å². The van der Waals surface area contributed by atoms with Crippen molar-refractivity contribution in [3.05, 3.63) is 65.2 Å². The van der Waals surface area contributed by atoms with Gasteiger partial charge in [0, 0.05) is 48.5 Å². The highest BCUT2D eigenvalue weighted by atomic mass is 35.5. The molecule has 2 amide bonds. The van der Waals surface area contributed by atoms with Gasteiger partial charge in [-0.25, -0.2) is 0 Å². The number of ether oxygens (including phenoxy) is 1. The first-order valence-corrected chi connectivity index (χ1v) is 9.82. The first kappa shape index (κ1) is 20.7. The van der Waals surface area contributed by atoms with Gasteiger partial charge in [0.05, 0.1) is 13.7 Å². The zero-order valence-corrected chi connectivity index (χ0v) is 17.1. The molecule has 0 aliphatic carbocycles. The molecule has 0 aromatic heterocycles. The van der Waals surface area contributed by atoms with Crippen LogP contribution in [-0.4, -0.2) is 56.5 Å². The Morgan fingerprint density at radius 3 is 2.45 bits per heavy atom. The molecule has 29 heavy (non-hydrogen) atoms. The lowest BCUT2D eigenvalue weighted by Crippen LogP contribution is -2.51. The van der Waals surface area contributed by atoms with E-state index >= 15 is 0 Å². The van der Waals surface area contributed by atoms with Gasteiger partial charge >= 0.3 is 0 Å². The highest BCUT2D eigenvalue weighted by molar-refractivity contribution is 6.30. The van der Waals surface area contributed by atoms with Gasteiger partial charge in [0.1, 0.15) is 5.75 Å². The van der Waals surface area contributed by atoms with Crippen LogP contribution in [0.15, 0.2) is 54.6 Å². The first-order chi connectivity index (χ1) is 14.1. The van der Waals surface area contributed by atoms with Gasteiger partial charge in [-0.3, -0.25) is 9.59 Å². The average Bonchev–Trinajstić information content (AvgIpc) is 2.77. The number of hydrogen-bond donors (Lipinski definition) is 1. The first-order valence-electron chi connectivity index (χ1n) is 9.44. The van der Waals surface area contributed by atoms with Crippen LogP contribution in [0.3, 0.4) is 0 Å². The summed E-state index contributed by atoms with van der Waals surface area (Å²) in [5, 5.41) is 3.36. The quantitative estimate of drug-likeness (QED) is 0.740. The van der Waals surface area contributed by atoms with Crippen LogP contribution in [0, 0.1) is 0 Å². The smallest absolute Gasteiger partial charge is 0.244 e. The standard InChI is InChI=1S/C22H24ClN3O3/c1-29-20-5-3-2-4-17(20)6-11-21(27)24-16-22(28)26-14-12-25(13-15-26)19-9-7-18(23)8-10-19/h2-11H,12-16H2,1H3,(H,24,27)/b11-6+. The number of para-hydroxylation sites is 1. The molecular weight excluding hydrogens is 390 g/mol. The van der Waals surface area contributed by atoms with Crippen molar-refractivity contribution in [2.45, 2.75) is 0 Å². The summed E-state index contributed by atoms with van der Waals surface area (Å²) in [5.74, 6) is 0.287. The zero-order chi connectivity index (χ0) is 20.6. The number of piperazine rings is 1. The van der Waals surface area contributed by atoms with E-state index in [0.717, 1.165) is 24.3 Å². The average molecular weight is 414 g/mol. The largest absolute Gasteiger partial charge is 0.496 e. The monoisotopic (exact) mass is 413 g/mol. The molecule has 0 bridgehead atoms. The molecule has 3 rings (SSSR count). The SMILES string of the molecule is COc1ccccc1/C=C/C(=O)NCC(=O)N1CCN(c2ccc(Cl)cc2)CC1. The van der Waals surface area contributed by atoms with E-state index in [-0.39, 0.29) is 18.4 Å². The summed E-state index contributed by atoms with van der Waals surface area (Å²) in [5.41, 5.74) is 1.89. The lowest BCUT2D eigenvalue weighted by Gasteiger charge is -2.36. The van der Waals surface area contributed by atoms with E-state index in [1.165, 1.54) is 6.08 Å². The predicted octanol–water partition coefficient (Wildman–Crippen LogP) is 2.83. The number of anilines is 1. The van der Waals surface area contributed by atoms with Crippen molar-refractivity contribution in [3.63, 3.8) is 0 Å². The predicted molar refractivity (Wildman–Crippen MR) is 115 cm³/mol. The second-order valence-electron chi connectivity index (χ2n) is 6.64. The van der Waals surface area contributed by atoms with Crippen LogP contribution in [0.4, 0.5) is 5.69 Å². The molecule has 1 aliphatic heterocycles. The number of rotatable bonds is 6. The van der Waals surface area contributed by atoms with E-state index in [1.54, 1.807) is 18.1 Å². The Labute approximate surface area is 175 Å². The molecule has 1 fully saturated rings. The highest BCUT2D eigenvalue weighted by Crippen LogP contribution is 2.20. The van der Waals surface area contributed by atoms with Gasteiger partial charge in [0.2, 0.25) is 11.8 Å². The van der Waals surface area contributed by atoms with Crippen LogP contribution in [0.25, 0.3) is 6.08 Å². The molecule has 152 valence electrons. The summed E-state index contributed by atoms with van der Waals surface area (Å²) in [6.45, 7) is 2.71. The maximum Gasteiger partial charge on any atom is 0.244 e. The second-order valence-corrected chi connectivity index (χ2v) is 7.07. The Kier molecular flexibility index (Phi) is 7.14. The van der Waals surface area contributed by atoms with Gasteiger partial charge in [0.25, 0.3) is 0 Å². The van der Waals surface area contributed by atoms with Crippen molar-refractivity contribution >= 4 is 35.2 Å². The van der Waals surface area contributed by atoms with Gasteiger partial charge in [0.15, 0.2) is 0 Å². The fourth-order valence-electron chi connectivity index (χ4n) is 3.17. The molecule has 7 heteroatoms. The second kappa shape index (κ2) is 9.98. The summed E-state index contributed by atoms with van der Waals surface area (Å²) in [7, 11) is 1.58. The molecule has 1 aliphatic rings. The Morgan fingerprint density at radius 2 is 1.76 bits per heavy atom. The molecule has 1 heterocycles. The minimum Gasteiger partial charge on any atom is -0.496 e. The molecule has 6 nitrogen and oxygen atoms in total. The Bertz CT molecular complexity index is 875. The highest BCUT2D eigenvalue weighted by Gasteiger charge is 2.21. The third-order valence-corrected chi connectivity index (χ3v) is 5.04. The molecular formula is C22H24ClN3O3. The summed E-state index contributed by atoms with van der Waals surface area (Å²) >= 11 is 5.93.